The molecule has 0 unspecified atom stereocenters. The number of ether oxygens (including phenoxy) is 2. The van der Waals surface area contributed by atoms with Gasteiger partial charge in [0.25, 0.3) is 5.56 Å². The summed E-state index contributed by atoms with van der Waals surface area (Å²) in [5.41, 5.74) is 5.55. The molecule has 0 bridgehead atoms. The minimum absolute atomic E-state index is 0.0228. The van der Waals surface area contributed by atoms with E-state index in [1.54, 1.807) is 25.6 Å². The van der Waals surface area contributed by atoms with Crippen LogP contribution < -0.4 is 24.4 Å². The first-order chi connectivity index (χ1) is 16.7. The number of nitrogens with zero attached hydrogens (tertiary/aromatic N) is 2. The average molecular weight is 487 g/mol. The van der Waals surface area contributed by atoms with Crippen molar-refractivity contribution in [3.05, 3.63) is 107 Å². The summed E-state index contributed by atoms with van der Waals surface area (Å²) in [6.45, 7) is 0. The van der Waals surface area contributed by atoms with Crippen molar-refractivity contribution >= 4 is 34.4 Å². The van der Waals surface area contributed by atoms with Gasteiger partial charge in [-0.05, 0) is 53.6 Å². The molecule has 1 aliphatic carbocycles. The van der Waals surface area contributed by atoms with Gasteiger partial charge in [0.05, 0.1) is 30.5 Å². The van der Waals surface area contributed by atoms with Crippen LogP contribution in [0, 0.1) is 0 Å². The van der Waals surface area contributed by atoms with Gasteiger partial charge in [-0.25, -0.2) is 4.99 Å². The molecule has 6 rings (SSSR count). The van der Waals surface area contributed by atoms with Gasteiger partial charge in [-0.2, -0.15) is 0 Å². The molecule has 5 nitrogen and oxygen atoms in total. The molecule has 170 valence electrons. The highest BCUT2D eigenvalue weighted by atomic mass is 32.1. The van der Waals surface area contributed by atoms with Gasteiger partial charge in [0.1, 0.15) is 11.5 Å². The fraction of sp³-hybridized carbons (Fsp3) is 0.185. The lowest BCUT2D eigenvalue weighted by molar-refractivity contribution is 0.393. The van der Waals surface area contributed by atoms with Gasteiger partial charge in [0, 0.05) is 22.1 Å². The maximum atomic E-state index is 13.8. The van der Waals surface area contributed by atoms with Crippen molar-refractivity contribution in [3.63, 3.8) is 0 Å². The van der Waals surface area contributed by atoms with E-state index in [9.17, 15) is 4.79 Å². The Bertz CT molecular complexity index is 1610. The summed E-state index contributed by atoms with van der Waals surface area (Å²) in [6, 6.07) is 18.1. The van der Waals surface area contributed by atoms with Crippen LogP contribution in [0.15, 0.2) is 75.3 Å². The third-order valence-corrected chi connectivity index (χ3v) is 8.32. The zero-order chi connectivity index (χ0) is 23.2. The fourth-order valence-electron chi connectivity index (χ4n) is 4.80. The molecule has 1 atom stereocenters. The summed E-state index contributed by atoms with van der Waals surface area (Å²) in [7, 11) is 3.24. The number of fused-ring (bicyclic) bond motifs is 3. The molecule has 0 saturated heterocycles. The molecule has 0 radical (unpaired) electrons. The Morgan fingerprint density at radius 1 is 1.06 bits per heavy atom. The molecule has 2 aromatic carbocycles. The van der Waals surface area contributed by atoms with Crippen LogP contribution in [0.5, 0.6) is 11.5 Å². The monoisotopic (exact) mass is 486 g/mol. The number of allylic oxidation sites excluding steroid dienone is 1. The number of aryl methyl sites for hydroxylation is 1. The summed E-state index contributed by atoms with van der Waals surface area (Å²) < 4.78 is 13.4. The van der Waals surface area contributed by atoms with Gasteiger partial charge < -0.3 is 9.47 Å². The number of hydrogen-bond acceptors (Lipinski definition) is 6. The van der Waals surface area contributed by atoms with E-state index in [1.807, 2.05) is 28.8 Å². The normalized spacial score (nSPS) is 17.0. The Morgan fingerprint density at radius 2 is 1.94 bits per heavy atom. The van der Waals surface area contributed by atoms with Gasteiger partial charge >= 0.3 is 0 Å². The predicted octanol–water partition coefficient (Wildman–Crippen LogP) is 4.40. The van der Waals surface area contributed by atoms with Crippen molar-refractivity contribution in [2.24, 2.45) is 4.99 Å². The maximum Gasteiger partial charge on any atom is 0.271 e. The first kappa shape index (κ1) is 21.1. The highest BCUT2D eigenvalue weighted by Gasteiger charge is 2.33. The smallest absolute Gasteiger partial charge is 0.271 e. The summed E-state index contributed by atoms with van der Waals surface area (Å²) in [5.74, 6) is 1.37. The molecule has 2 aromatic heterocycles. The topological polar surface area (TPSA) is 52.8 Å². The Morgan fingerprint density at radius 3 is 2.74 bits per heavy atom. The van der Waals surface area contributed by atoms with Crippen molar-refractivity contribution in [2.75, 3.05) is 14.2 Å². The lowest BCUT2D eigenvalue weighted by atomic mass is 9.85. The molecular weight excluding hydrogens is 464 g/mol. The highest BCUT2D eigenvalue weighted by Crippen LogP contribution is 2.42. The Kier molecular flexibility index (Phi) is 5.23. The van der Waals surface area contributed by atoms with Crippen LogP contribution in [0.2, 0.25) is 0 Å². The highest BCUT2D eigenvalue weighted by molar-refractivity contribution is 7.10. The molecule has 0 N–H and O–H groups in total. The summed E-state index contributed by atoms with van der Waals surface area (Å²) in [6.07, 6.45) is 3.75. The quantitative estimate of drug-likeness (QED) is 0.430. The maximum absolute atomic E-state index is 13.8. The van der Waals surface area contributed by atoms with Gasteiger partial charge in [-0.1, -0.05) is 41.7 Å². The fourth-order valence-corrected chi connectivity index (χ4v) is 6.64. The molecule has 0 fully saturated rings. The molecule has 2 aliphatic rings. The van der Waals surface area contributed by atoms with E-state index in [2.05, 4.69) is 41.8 Å². The van der Waals surface area contributed by atoms with E-state index >= 15 is 0 Å². The zero-order valence-corrected chi connectivity index (χ0v) is 20.4. The number of benzene rings is 2. The minimum Gasteiger partial charge on any atom is -0.497 e. The van der Waals surface area contributed by atoms with E-state index in [1.165, 1.54) is 28.0 Å². The first-order valence-corrected chi connectivity index (χ1v) is 12.8. The number of methoxy groups -OCH3 is 2. The van der Waals surface area contributed by atoms with Crippen LogP contribution in [0.25, 0.3) is 11.8 Å². The summed E-state index contributed by atoms with van der Waals surface area (Å²) in [4.78, 5) is 20.7. The van der Waals surface area contributed by atoms with E-state index < -0.39 is 0 Å². The molecule has 0 amide bonds. The van der Waals surface area contributed by atoms with Gasteiger partial charge in [-0.3, -0.25) is 9.36 Å². The summed E-state index contributed by atoms with van der Waals surface area (Å²) in [5, 5.41) is 2.07. The van der Waals surface area contributed by atoms with Gasteiger partial charge in [-0.15, -0.1) is 11.3 Å². The van der Waals surface area contributed by atoms with Crippen LogP contribution >= 0.6 is 22.7 Å². The average Bonchev–Trinajstić information content (AvgIpc) is 3.51. The molecule has 34 heavy (non-hydrogen) atoms. The van der Waals surface area contributed by atoms with Crippen molar-refractivity contribution in [1.82, 2.24) is 4.57 Å². The van der Waals surface area contributed by atoms with Crippen LogP contribution in [0.1, 0.15) is 34.0 Å². The number of rotatable bonds is 4. The number of thiophene rings is 1. The van der Waals surface area contributed by atoms with E-state index in [4.69, 9.17) is 14.5 Å². The first-order valence-electron chi connectivity index (χ1n) is 11.1. The SMILES string of the molecule is COc1ccc(C=c2sc3n(c2=O)[C@H](c2cccs2)C2=C(N=3)c3ccccc3CC2)c(OC)c1. The number of thiazole rings is 1. The van der Waals surface area contributed by atoms with Crippen LogP contribution in [-0.2, 0) is 6.42 Å². The molecule has 0 spiro atoms. The molecule has 0 saturated carbocycles. The van der Waals surface area contributed by atoms with E-state index in [0.717, 1.165) is 33.8 Å². The number of aromatic nitrogens is 1. The van der Waals surface area contributed by atoms with Crippen molar-refractivity contribution in [2.45, 2.75) is 18.9 Å². The van der Waals surface area contributed by atoms with Crippen LogP contribution in [0.4, 0.5) is 0 Å². The Labute approximate surface area is 204 Å². The van der Waals surface area contributed by atoms with E-state index in [0.29, 0.717) is 16.0 Å². The van der Waals surface area contributed by atoms with Gasteiger partial charge in [0.15, 0.2) is 4.80 Å². The van der Waals surface area contributed by atoms with Crippen LogP contribution in [0.3, 0.4) is 0 Å². The van der Waals surface area contributed by atoms with Crippen LogP contribution in [-0.4, -0.2) is 18.8 Å². The summed E-state index contributed by atoms with van der Waals surface area (Å²) >= 11 is 3.12. The lowest BCUT2D eigenvalue weighted by Crippen LogP contribution is -2.38. The molecule has 4 aromatic rings. The second kappa shape index (κ2) is 8.42. The minimum atomic E-state index is -0.125. The molecule has 3 heterocycles. The lowest BCUT2D eigenvalue weighted by Gasteiger charge is -2.30. The van der Waals surface area contributed by atoms with Crippen molar-refractivity contribution in [1.29, 1.82) is 0 Å². The third kappa shape index (κ3) is 3.35. The Hall–Kier alpha value is -3.42. The standard InChI is InChI=1S/C27H22N2O3S2/c1-31-18-11-9-17(21(15-18)32-2)14-23-26(30)29-25(22-8-5-13-33-22)20-12-10-16-6-3-4-7-19(16)24(20)28-27(29)34-23/h3-9,11,13-15,25H,10,12H2,1-2H3/t25-/m0/s1. The zero-order valence-electron chi connectivity index (χ0n) is 18.8. The Balaban J connectivity index is 1.59. The predicted molar refractivity (Wildman–Crippen MR) is 137 cm³/mol. The van der Waals surface area contributed by atoms with Crippen molar-refractivity contribution < 1.29 is 9.47 Å². The van der Waals surface area contributed by atoms with Crippen molar-refractivity contribution in [3.8, 4) is 11.5 Å². The largest absolute Gasteiger partial charge is 0.497 e. The molecule has 1 aliphatic heterocycles. The second-order valence-corrected chi connectivity index (χ2v) is 10.2. The molecule has 7 heteroatoms. The van der Waals surface area contributed by atoms with E-state index in [-0.39, 0.29) is 11.6 Å². The molecular formula is C27H22N2O3S2. The second-order valence-electron chi connectivity index (χ2n) is 8.24. The number of hydrogen-bond donors (Lipinski definition) is 0. The third-order valence-electron chi connectivity index (χ3n) is 6.41. The van der Waals surface area contributed by atoms with Gasteiger partial charge in [0.2, 0.25) is 0 Å².